The van der Waals surface area contributed by atoms with Crippen LogP contribution in [0.2, 0.25) is 0 Å². The lowest BCUT2D eigenvalue weighted by Crippen LogP contribution is -2.08. The Kier molecular flexibility index (Phi) is 2.47. The van der Waals surface area contributed by atoms with Crippen molar-refractivity contribution in [1.29, 1.82) is 0 Å². The van der Waals surface area contributed by atoms with Crippen molar-refractivity contribution in [3.8, 4) is 5.82 Å². The van der Waals surface area contributed by atoms with Gasteiger partial charge in [-0.25, -0.2) is 14.1 Å². The minimum Gasteiger partial charge on any atom is -0.324 e. The van der Waals surface area contributed by atoms with E-state index in [2.05, 4.69) is 10.1 Å². The lowest BCUT2D eigenvalue weighted by atomic mass is 10.1. The number of aromatic nitrogens is 3. The topological polar surface area (TPSA) is 56.7 Å². The molecule has 0 aromatic carbocycles. The SMILES string of the molecule is C[C@@H](N)c1cnc(-n2cccn2)c(F)c1. The van der Waals surface area contributed by atoms with Crippen LogP contribution in [-0.4, -0.2) is 14.8 Å². The molecule has 2 heterocycles. The Morgan fingerprint density at radius 2 is 2.33 bits per heavy atom. The lowest BCUT2D eigenvalue weighted by molar-refractivity contribution is 0.594. The standard InChI is InChI=1S/C10H11FN4/c1-7(12)8-5-9(11)10(13-6-8)15-4-2-3-14-15/h2-7H,12H2,1H3/t7-/m1/s1. The van der Waals surface area contributed by atoms with Crippen molar-refractivity contribution in [1.82, 2.24) is 14.8 Å². The maximum Gasteiger partial charge on any atom is 0.189 e. The second kappa shape index (κ2) is 3.78. The van der Waals surface area contributed by atoms with E-state index in [4.69, 9.17) is 5.73 Å². The number of halogens is 1. The van der Waals surface area contributed by atoms with Crippen molar-refractivity contribution in [2.45, 2.75) is 13.0 Å². The molecule has 0 aliphatic heterocycles. The van der Waals surface area contributed by atoms with Gasteiger partial charge in [-0.1, -0.05) is 0 Å². The highest BCUT2D eigenvalue weighted by atomic mass is 19.1. The first-order chi connectivity index (χ1) is 7.18. The quantitative estimate of drug-likeness (QED) is 0.808. The van der Waals surface area contributed by atoms with Gasteiger partial charge in [0.05, 0.1) is 0 Å². The molecule has 0 bridgehead atoms. The summed E-state index contributed by atoms with van der Waals surface area (Å²) in [6.45, 7) is 1.78. The summed E-state index contributed by atoms with van der Waals surface area (Å²) in [5.74, 6) is -0.238. The third kappa shape index (κ3) is 1.87. The molecular weight excluding hydrogens is 195 g/mol. The number of nitrogens with zero attached hydrogens (tertiary/aromatic N) is 3. The molecule has 2 N–H and O–H groups in total. The summed E-state index contributed by atoms with van der Waals surface area (Å²) in [6.07, 6.45) is 4.77. The molecule has 2 aromatic rings. The predicted octanol–water partition coefficient (Wildman–Crippen LogP) is 1.43. The molecule has 15 heavy (non-hydrogen) atoms. The fourth-order valence-electron chi connectivity index (χ4n) is 1.26. The fourth-order valence-corrected chi connectivity index (χ4v) is 1.26. The van der Waals surface area contributed by atoms with Crippen LogP contribution in [0.4, 0.5) is 4.39 Å². The molecule has 4 nitrogen and oxygen atoms in total. The van der Waals surface area contributed by atoms with Crippen molar-refractivity contribution in [2.24, 2.45) is 5.73 Å². The van der Waals surface area contributed by atoms with E-state index >= 15 is 0 Å². The molecule has 0 saturated heterocycles. The molecule has 2 aromatic heterocycles. The van der Waals surface area contributed by atoms with Crippen LogP contribution in [0.25, 0.3) is 5.82 Å². The Balaban J connectivity index is 2.44. The fraction of sp³-hybridized carbons (Fsp3) is 0.200. The summed E-state index contributed by atoms with van der Waals surface area (Å²) in [5, 5.41) is 3.90. The molecular formula is C10H11FN4. The van der Waals surface area contributed by atoms with Crippen molar-refractivity contribution in [3.63, 3.8) is 0 Å². The van der Waals surface area contributed by atoms with Crippen LogP contribution >= 0.6 is 0 Å². The van der Waals surface area contributed by atoms with Gasteiger partial charge in [0.1, 0.15) is 0 Å². The van der Waals surface area contributed by atoms with E-state index in [0.717, 1.165) is 0 Å². The minimum absolute atomic E-state index is 0.185. The average Bonchev–Trinajstić information content (AvgIpc) is 2.70. The van der Waals surface area contributed by atoms with E-state index in [0.29, 0.717) is 5.56 Å². The van der Waals surface area contributed by atoms with E-state index in [-0.39, 0.29) is 11.9 Å². The van der Waals surface area contributed by atoms with Crippen LogP contribution in [0.1, 0.15) is 18.5 Å². The summed E-state index contributed by atoms with van der Waals surface area (Å²) in [7, 11) is 0. The zero-order valence-corrected chi connectivity index (χ0v) is 8.26. The molecule has 78 valence electrons. The van der Waals surface area contributed by atoms with E-state index in [1.165, 1.54) is 10.7 Å². The number of rotatable bonds is 2. The molecule has 0 unspecified atom stereocenters. The molecule has 2 rings (SSSR count). The highest BCUT2D eigenvalue weighted by Gasteiger charge is 2.09. The van der Waals surface area contributed by atoms with Crippen molar-refractivity contribution < 1.29 is 4.39 Å². The van der Waals surface area contributed by atoms with Crippen LogP contribution in [0.3, 0.4) is 0 Å². The molecule has 1 atom stereocenters. The van der Waals surface area contributed by atoms with Gasteiger partial charge >= 0.3 is 0 Å². The Bertz CT molecular complexity index is 450. The minimum atomic E-state index is -0.423. The largest absolute Gasteiger partial charge is 0.324 e. The Hall–Kier alpha value is -1.75. The number of hydrogen-bond acceptors (Lipinski definition) is 3. The number of pyridine rings is 1. The summed E-state index contributed by atoms with van der Waals surface area (Å²) >= 11 is 0. The summed E-state index contributed by atoms with van der Waals surface area (Å²) in [4.78, 5) is 3.99. The number of nitrogens with two attached hydrogens (primary N) is 1. The summed E-state index contributed by atoms with van der Waals surface area (Å²) in [5.41, 5.74) is 6.29. The highest BCUT2D eigenvalue weighted by Crippen LogP contribution is 2.14. The summed E-state index contributed by atoms with van der Waals surface area (Å²) < 4.78 is 15.0. The zero-order chi connectivity index (χ0) is 10.8. The molecule has 0 radical (unpaired) electrons. The highest BCUT2D eigenvalue weighted by molar-refractivity contribution is 5.27. The Labute approximate surface area is 86.6 Å². The third-order valence-electron chi connectivity index (χ3n) is 2.09. The van der Waals surface area contributed by atoms with Crippen LogP contribution < -0.4 is 5.73 Å². The molecule has 5 heteroatoms. The van der Waals surface area contributed by atoms with E-state index in [1.54, 1.807) is 31.6 Å². The predicted molar refractivity (Wildman–Crippen MR) is 53.9 cm³/mol. The average molecular weight is 206 g/mol. The van der Waals surface area contributed by atoms with Gasteiger partial charge < -0.3 is 5.73 Å². The van der Waals surface area contributed by atoms with Crippen molar-refractivity contribution in [2.75, 3.05) is 0 Å². The van der Waals surface area contributed by atoms with Gasteiger partial charge in [0, 0.05) is 24.6 Å². The maximum absolute atomic E-state index is 13.6. The van der Waals surface area contributed by atoms with Crippen LogP contribution in [-0.2, 0) is 0 Å². The van der Waals surface area contributed by atoms with Gasteiger partial charge in [-0.15, -0.1) is 0 Å². The molecule has 0 aliphatic rings. The second-order valence-corrected chi connectivity index (χ2v) is 3.31. The second-order valence-electron chi connectivity index (χ2n) is 3.31. The smallest absolute Gasteiger partial charge is 0.189 e. The van der Waals surface area contributed by atoms with Crippen molar-refractivity contribution in [3.05, 3.63) is 42.1 Å². The number of hydrogen-bond donors (Lipinski definition) is 1. The molecule has 0 aliphatic carbocycles. The van der Waals surface area contributed by atoms with E-state index in [1.807, 2.05) is 0 Å². The molecule has 0 spiro atoms. The molecule has 0 amide bonds. The van der Waals surface area contributed by atoms with Crippen LogP contribution in [0, 0.1) is 5.82 Å². The van der Waals surface area contributed by atoms with E-state index < -0.39 is 5.82 Å². The van der Waals surface area contributed by atoms with Gasteiger partial charge in [-0.05, 0) is 24.6 Å². The first-order valence-electron chi connectivity index (χ1n) is 4.59. The first kappa shape index (κ1) is 9.79. The zero-order valence-electron chi connectivity index (χ0n) is 8.26. The van der Waals surface area contributed by atoms with Gasteiger partial charge in [-0.2, -0.15) is 5.10 Å². The summed E-state index contributed by atoms with van der Waals surface area (Å²) in [6, 6.07) is 2.87. The van der Waals surface area contributed by atoms with Crippen molar-refractivity contribution >= 4 is 0 Å². The first-order valence-corrected chi connectivity index (χ1v) is 4.59. The van der Waals surface area contributed by atoms with Gasteiger partial charge in [0.2, 0.25) is 0 Å². The third-order valence-corrected chi connectivity index (χ3v) is 2.09. The lowest BCUT2D eigenvalue weighted by Gasteiger charge is -2.07. The van der Waals surface area contributed by atoms with E-state index in [9.17, 15) is 4.39 Å². The van der Waals surface area contributed by atoms with Gasteiger partial charge in [-0.3, -0.25) is 0 Å². The van der Waals surface area contributed by atoms with Gasteiger partial charge in [0.15, 0.2) is 11.6 Å². The normalized spacial score (nSPS) is 12.7. The Morgan fingerprint density at radius 1 is 1.53 bits per heavy atom. The van der Waals surface area contributed by atoms with Gasteiger partial charge in [0.25, 0.3) is 0 Å². The Morgan fingerprint density at radius 3 is 2.87 bits per heavy atom. The molecule has 0 saturated carbocycles. The monoisotopic (exact) mass is 206 g/mol. The molecule has 0 fully saturated rings. The van der Waals surface area contributed by atoms with Crippen LogP contribution in [0.15, 0.2) is 30.7 Å². The van der Waals surface area contributed by atoms with Crippen LogP contribution in [0.5, 0.6) is 0 Å². The maximum atomic E-state index is 13.6.